The molecule has 1 saturated heterocycles. The van der Waals surface area contributed by atoms with Crippen LogP contribution in [0.5, 0.6) is 0 Å². The lowest BCUT2D eigenvalue weighted by molar-refractivity contribution is -0.276. The fourth-order valence-corrected chi connectivity index (χ4v) is 6.28. The highest BCUT2D eigenvalue weighted by molar-refractivity contribution is 5.82. The average Bonchev–Trinajstić information content (AvgIpc) is 3.14. The lowest BCUT2D eigenvalue weighted by atomic mass is 9.89. The van der Waals surface area contributed by atoms with Gasteiger partial charge in [0.15, 0.2) is 12.4 Å². The second kappa shape index (κ2) is 17.0. The van der Waals surface area contributed by atoms with Gasteiger partial charge < -0.3 is 29.7 Å². The number of aliphatic hydroxyl groups excluding tert-OH is 2. The van der Waals surface area contributed by atoms with E-state index in [1.807, 2.05) is 117 Å². The number of nitrogens with zero attached hydrogens (tertiary/aromatic N) is 1. The summed E-state index contributed by atoms with van der Waals surface area (Å²) in [5, 5.41) is 23.6. The van der Waals surface area contributed by atoms with Crippen LogP contribution in [0.25, 0.3) is 11.1 Å². The van der Waals surface area contributed by atoms with Gasteiger partial charge in [0.25, 0.3) is 5.91 Å². The van der Waals surface area contributed by atoms with Gasteiger partial charge >= 0.3 is 5.97 Å². The molecule has 5 rings (SSSR count). The second-order valence-corrected chi connectivity index (χ2v) is 13.1. The van der Waals surface area contributed by atoms with E-state index in [0.29, 0.717) is 13.1 Å². The van der Waals surface area contributed by atoms with Gasteiger partial charge in [0.1, 0.15) is 0 Å². The first-order chi connectivity index (χ1) is 24.0. The molecule has 1 amide bonds. The quantitative estimate of drug-likeness (QED) is 0.142. The zero-order valence-corrected chi connectivity index (χ0v) is 29.4. The van der Waals surface area contributed by atoms with Crippen molar-refractivity contribution in [3.63, 3.8) is 0 Å². The number of carbonyl (C=O) groups excluding carboxylic acids is 2. The number of likely N-dealkylation sites (N-methyl/N-ethyl adjacent to an activating group) is 1. The molecule has 0 aliphatic carbocycles. The van der Waals surface area contributed by atoms with Crippen molar-refractivity contribution in [1.82, 2.24) is 10.2 Å². The molecule has 0 bridgehead atoms. The largest absolute Gasteiger partial charge is 0.453 e. The fraction of sp³-hybridized carbons (Fsp3) is 0.366. The van der Waals surface area contributed by atoms with Crippen LogP contribution in [0.4, 0.5) is 0 Å². The van der Waals surface area contributed by atoms with Crippen molar-refractivity contribution < 1.29 is 34.0 Å². The number of ether oxygens (including phenoxy) is 3. The van der Waals surface area contributed by atoms with Crippen LogP contribution in [0.2, 0.25) is 0 Å². The summed E-state index contributed by atoms with van der Waals surface area (Å²) in [6.45, 7) is 7.83. The van der Waals surface area contributed by atoms with E-state index in [9.17, 15) is 19.8 Å². The molecule has 0 saturated carbocycles. The third kappa shape index (κ3) is 9.24. The summed E-state index contributed by atoms with van der Waals surface area (Å²) in [5.41, 5.74) is 6.50. The molecular weight excluding hydrogens is 632 g/mol. The fourth-order valence-electron chi connectivity index (χ4n) is 6.28. The summed E-state index contributed by atoms with van der Waals surface area (Å²) in [6, 6.07) is 33.4. The minimum atomic E-state index is -0.862. The zero-order chi connectivity index (χ0) is 35.8. The first kappa shape index (κ1) is 36.9. The highest BCUT2D eigenvalue weighted by Crippen LogP contribution is 2.42. The third-order valence-electron chi connectivity index (χ3n) is 9.51. The maximum absolute atomic E-state index is 12.3. The number of rotatable bonds is 13. The third-order valence-corrected chi connectivity index (χ3v) is 9.51. The minimum absolute atomic E-state index is 0.00532. The van der Waals surface area contributed by atoms with Crippen molar-refractivity contribution in [3.05, 3.63) is 131 Å². The Bertz CT molecular complexity index is 1700. The van der Waals surface area contributed by atoms with E-state index < -0.39 is 24.5 Å². The molecule has 0 aromatic heterocycles. The van der Waals surface area contributed by atoms with Crippen molar-refractivity contribution in [3.8, 4) is 11.1 Å². The Labute approximate surface area is 294 Å². The van der Waals surface area contributed by atoms with Gasteiger partial charge in [0, 0.05) is 37.5 Å². The van der Waals surface area contributed by atoms with E-state index in [4.69, 9.17) is 14.2 Å². The number of amides is 1. The Morgan fingerprint density at radius 2 is 1.54 bits per heavy atom. The van der Waals surface area contributed by atoms with Gasteiger partial charge in [0.05, 0.1) is 24.9 Å². The standard InChI is InChI=1S/C41H48N2O7/c1-26-37(24-43(5)27(2)38(46)33-11-7-6-8-12-33)49-41(50-39(26)34-16-14-30(25-44)15-17-34)35-20-18-32(19-21-35)36-13-9-10-31(22-36)23-42-40(47)28(3)48-29(4)45/h6-22,26-28,37-39,41,44,46H,23-25H2,1-5H3,(H,42,47)/t26-,27+,28-,37+,38+,39+,41+/m0/s1. The molecule has 4 aromatic rings. The molecule has 1 fully saturated rings. The Hall–Kier alpha value is -4.38. The normalized spacial score (nSPS) is 20.9. The van der Waals surface area contributed by atoms with E-state index in [2.05, 4.69) is 17.1 Å². The first-order valence-corrected chi connectivity index (χ1v) is 17.1. The van der Waals surface area contributed by atoms with E-state index in [1.165, 1.54) is 6.92 Å². The molecule has 9 nitrogen and oxygen atoms in total. The Balaban J connectivity index is 1.32. The molecular formula is C41H48N2O7. The molecule has 0 radical (unpaired) electrons. The highest BCUT2D eigenvalue weighted by Gasteiger charge is 2.39. The van der Waals surface area contributed by atoms with Crippen LogP contribution in [-0.4, -0.2) is 58.8 Å². The summed E-state index contributed by atoms with van der Waals surface area (Å²) >= 11 is 0. The number of esters is 1. The van der Waals surface area contributed by atoms with E-state index in [0.717, 1.165) is 38.9 Å². The smallest absolute Gasteiger partial charge is 0.303 e. The molecule has 1 heterocycles. The highest BCUT2D eigenvalue weighted by atomic mass is 16.7. The van der Waals surface area contributed by atoms with Crippen molar-refractivity contribution in [2.45, 2.75) is 77.6 Å². The van der Waals surface area contributed by atoms with Gasteiger partial charge in [-0.1, -0.05) is 104 Å². The molecule has 1 aliphatic rings. The van der Waals surface area contributed by atoms with Gasteiger partial charge in [-0.2, -0.15) is 0 Å². The van der Waals surface area contributed by atoms with Crippen LogP contribution < -0.4 is 5.32 Å². The van der Waals surface area contributed by atoms with Crippen LogP contribution in [0.15, 0.2) is 103 Å². The Morgan fingerprint density at radius 1 is 0.860 bits per heavy atom. The summed E-state index contributed by atoms with van der Waals surface area (Å²) < 4.78 is 18.3. The van der Waals surface area contributed by atoms with Gasteiger partial charge in [0.2, 0.25) is 0 Å². The van der Waals surface area contributed by atoms with Gasteiger partial charge in [-0.05, 0) is 60.3 Å². The Kier molecular flexibility index (Phi) is 12.6. The van der Waals surface area contributed by atoms with Crippen LogP contribution in [0.1, 0.15) is 74.0 Å². The summed E-state index contributed by atoms with van der Waals surface area (Å²) in [7, 11) is 2.01. The van der Waals surface area contributed by atoms with Crippen molar-refractivity contribution in [2.24, 2.45) is 5.92 Å². The molecule has 7 atom stereocenters. The predicted molar refractivity (Wildman–Crippen MR) is 191 cm³/mol. The summed E-state index contributed by atoms with van der Waals surface area (Å²) in [4.78, 5) is 25.7. The molecule has 9 heteroatoms. The van der Waals surface area contributed by atoms with E-state index in [1.54, 1.807) is 6.92 Å². The molecule has 3 N–H and O–H groups in total. The van der Waals surface area contributed by atoms with E-state index >= 15 is 0 Å². The number of aliphatic hydroxyl groups is 2. The minimum Gasteiger partial charge on any atom is -0.453 e. The van der Waals surface area contributed by atoms with Crippen molar-refractivity contribution in [1.29, 1.82) is 0 Å². The van der Waals surface area contributed by atoms with Crippen molar-refractivity contribution in [2.75, 3.05) is 13.6 Å². The lowest BCUT2D eigenvalue weighted by Gasteiger charge is -2.43. The predicted octanol–water partition coefficient (Wildman–Crippen LogP) is 6.26. The number of hydrogen-bond acceptors (Lipinski definition) is 8. The number of carbonyl (C=O) groups is 2. The summed E-state index contributed by atoms with van der Waals surface area (Å²) in [6.07, 6.45) is -2.61. The molecule has 0 unspecified atom stereocenters. The maximum Gasteiger partial charge on any atom is 0.303 e. The molecule has 4 aromatic carbocycles. The SMILES string of the molecule is CC(=O)O[C@@H](C)C(=O)NCc1cccc(-c2ccc([C@@H]3O[C@H](CN(C)[C@H](C)[C@@H](O)c4ccccc4)[C@H](C)[C@H](c4ccc(CO)cc4)O3)cc2)c1. The molecule has 1 aliphatic heterocycles. The number of benzene rings is 4. The van der Waals surface area contributed by atoms with Crippen LogP contribution in [0, 0.1) is 5.92 Å². The summed E-state index contributed by atoms with van der Waals surface area (Å²) in [5.74, 6) is -0.861. The average molecular weight is 681 g/mol. The first-order valence-electron chi connectivity index (χ1n) is 17.1. The van der Waals surface area contributed by atoms with Gasteiger partial charge in [-0.15, -0.1) is 0 Å². The topological polar surface area (TPSA) is 118 Å². The lowest BCUT2D eigenvalue weighted by Crippen LogP contribution is -2.46. The molecule has 264 valence electrons. The second-order valence-electron chi connectivity index (χ2n) is 13.1. The number of nitrogens with one attached hydrogen (secondary N) is 1. The van der Waals surface area contributed by atoms with E-state index in [-0.39, 0.29) is 36.7 Å². The van der Waals surface area contributed by atoms with Crippen LogP contribution in [0.3, 0.4) is 0 Å². The van der Waals surface area contributed by atoms with Gasteiger partial charge in [-0.25, -0.2) is 0 Å². The molecule has 50 heavy (non-hydrogen) atoms. The number of hydrogen-bond donors (Lipinski definition) is 3. The maximum atomic E-state index is 12.3. The van der Waals surface area contributed by atoms with Crippen LogP contribution in [-0.2, 0) is 37.0 Å². The Morgan fingerprint density at radius 3 is 2.20 bits per heavy atom. The monoisotopic (exact) mass is 680 g/mol. The van der Waals surface area contributed by atoms with Crippen molar-refractivity contribution >= 4 is 11.9 Å². The molecule has 0 spiro atoms. The zero-order valence-electron chi connectivity index (χ0n) is 29.4. The van der Waals surface area contributed by atoms with Gasteiger partial charge in [-0.3, -0.25) is 14.5 Å². The van der Waals surface area contributed by atoms with Crippen LogP contribution >= 0.6 is 0 Å².